The first kappa shape index (κ1) is 23.1. The van der Waals surface area contributed by atoms with Crippen molar-refractivity contribution in [2.75, 3.05) is 6.54 Å². The van der Waals surface area contributed by atoms with Gasteiger partial charge < -0.3 is 14.5 Å². The highest BCUT2D eigenvalue weighted by molar-refractivity contribution is 7.19. The molecule has 0 fully saturated rings. The number of fused-ring (bicyclic) bond motifs is 1. The second kappa shape index (κ2) is 9.55. The molecule has 35 heavy (non-hydrogen) atoms. The lowest BCUT2D eigenvalue weighted by Crippen LogP contribution is -2.38. The van der Waals surface area contributed by atoms with Gasteiger partial charge in [-0.15, -0.1) is 22.7 Å². The zero-order valence-electron chi connectivity index (χ0n) is 19.6. The number of pyridine rings is 1. The number of thiophene rings is 2. The summed E-state index contributed by atoms with van der Waals surface area (Å²) in [7, 11) is 1.90. The maximum absolute atomic E-state index is 13.6. The van der Waals surface area contributed by atoms with Crippen LogP contribution < -0.4 is 5.56 Å². The summed E-state index contributed by atoms with van der Waals surface area (Å²) >= 11 is 3.06. The van der Waals surface area contributed by atoms with Crippen LogP contribution in [0.1, 0.15) is 35.1 Å². The van der Waals surface area contributed by atoms with E-state index in [-0.39, 0.29) is 17.9 Å². The summed E-state index contributed by atoms with van der Waals surface area (Å²) in [5.74, 6) is 0.934. The van der Waals surface area contributed by atoms with Gasteiger partial charge in [0.15, 0.2) is 0 Å². The molecule has 0 spiro atoms. The number of amides is 1. The zero-order valence-corrected chi connectivity index (χ0v) is 21.2. The molecule has 178 valence electrons. The number of carbonyl (C=O) groups is 1. The van der Waals surface area contributed by atoms with Crippen LogP contribution in [0.5, 0.6) is 0 Å². The van der Waals surface area contributed by atoms with Crippen molar-refractivity contribution in [3.8, 4) is 10.4 Å². The number of hydrogen-bond donors (Lipinski definition) is 1. The third-order valence-electron chi connectivity index (χ3n) is 5.89. The number of aryl methyl sites for hydroxylation is 2. The number of aromatic amines is 1. The fourth-order valence-electron chi connectivity index (χ4n) is 4.23. The first-order valence-corrected chi connectivity index (χ1v) is 12.9. The van der Waals surface area contributed by atoms with Crippen LogP contribution in [0.3, 0.4) is 0 Å². The molecular weight excluding hydrogens is 480 g/mol. The smallest absolute Gasteiger partial charge is 0.260 e. The minimum Gasteiger partial charge on any atom is -0.336 e. The number of carbonyl (C=O) groups excluding carboxylic acids is 1. The van der Waals surface area contributed by atoms with Crippen molar-refractivity contribution in [2.24, 2.45) is 7.05 Å². The predicted octanol–water partition coefficient (Wildman–Crippen LogP) is 4.33. The number of hydrogen-bond acceptors (Lipinski definition) is 7. The molecule has 10 heteroatoms. The molecule has 0 saturated carbocycles. The molecule has 0 bridgehead atoms. The van der Waals surface area contributed by atoms with E-state index in [2.05, 4.69) is 19.9 Å². The van der Waals surface area contributed by atoms with E-state index < -0.39 is 6.04 Å². The summed E-state index contributed by atoms with van der Waals surface area (Å²) < 4.78 is 1.90. The lowest BCUT2D eigenvalue weighted by atomic mass is 10.1. The van der Waals surface area contributed by atoms with Gasteiger partial charge >= 0.3 is 0 Å². The standard InChI is InChI=1S/C25H24N6O2S2/c1-4-31(22(16-6-5-9-26-13-16)23-27-10-11-30(23)3)20(32)12-19-28-24(33)21-17(14-34-25(21)29-19)18-8-7-15(2)35-18/h5-11,13-14,22H,4,12H2,1-3H3,(H,28,29,33). The topological polar surface area (TPSA) is 96.8 Å². The van der Waals surface area contributed by atoms with Gasteiger partial charge in [0.25, 0.3) is 5.56 Å². The Kier molecular flexibility index (Phi) is 6.31. The molecule has 5 aromatic rings. The van der Waals surface area contributed by atoms with E-state index in [1.165, 1.54) is 16.2 Å². The van der Waals surface area contributed by atoms with E-state index in [1.54, 1.807) is 34.8 Å². The molecule has 1 N–H and O–H groups in total. The van der Waals surface area contributed by atoms with Crippen LogP contribution in [0.15, 0.2) is 59.2 Å². The van der Waals surface area contributed by atoms with Crippen molar-refractivity contribution in [1.29, 1.82) is 0 Å². The average Bonchev–Trinajstić information content (AvgIpc) is 3.57. The van der Waals surface area contributed by atoms with Gasteiger partial charge in [-0.25, -0.2) is 9.97 Å². The van der Waals surface area contributed by atoms with E-state index >= 15 is 0 Å². The summed E-state index contributed by atoms with van der Waals surface area (Å²) in [5.41, 5.74) is 1.52. The Labute approximate surface area is 210 Å². The molecule has 1 unspecified atom stereocenters. The molecule has 1 amide bonds. The Bertz CT molecular complexity index is 1550. The van der Waals surface area contributed by atoms with E-state index in [4.69, 9.17) is 0 Å². The van der Waals surface area contributed by atoms with Gasteiger partial charge in [-0.05, 0) is 32.0 Å². The van der Waals surface area contributed by atoms with Crippen molar-refractivity contribution < 1.29 is 4.79 Å². The molecule has 5 aromatic heterocycles. The monoisotopic (exact) mass is 504 g/mol. The highest BCUT2D eigenvalue weighted by atomic mass is 32.1. The van der Waals surface area contributed by atoms with Gasteiger partial charge in [0.1, 0.15) is 22.5 Å². The van der Waals surface area contributed by atoms with Crippen molar-refractivity contribution >= 4 is 38.8 Å². The van der Waals surface area contributed by atoms with E-state index in [0.29, 0.717) is 22.6 Å². The number of rotatable bonds is 7. The third kappa shape index (κ3) is 4.42. The SMILES string of the molecule is CCN(C(=O)Cc1nc2scc(-c3ccc(C)s3)c2c(=O)[nH]1)C(c1cccnc1)c1nccn1C. The summed E-state index contributed by atoms with van der Waals surface area (Å²) in [4.78, 5) is 47.4. The Hall–Kier alpha value is -3.63. The second-order valence-electron chi connectivity index (χ2n) is 8.19. The molecule has 0 aliphatic carbocycles. The molecule has 0 saturated heterocycles. The molecule has 0 aliphatic heterocycles. The fraction of sp³-hybridized carbons (Fsp3) is 0.240. The van der Waals surface area contributed by atoms with Crippen LogP contribution in [-0.4, -0.2) is 41.9 Å². The van der Waals surface area contributed by atoms with Crippen LogP contribution >= 0.6 is 22.7 Å². The summed E-state index contributed by atoms with van der Waals surface area (Å²) in [6.45, 7) is 4.43. The predicted molar refractivity (Wildman–Crippen MR) is 139 cm³/mol. The normalized spacial score (nSPS) is 12.2. The van der Waals surface area contributed by atoms with Crippen molar-refractivity contribution in [1.82, 2.24) is 29.4 Å². The molecule has 0 radical (unpaired) electrons. The Morgan fingerprint density at radius 2 is 2.11 bits per heavy atom. The second-order valence-corrected chi connectivity index (χ2v) is 10.3. The number of likely N-dealkylation sites (N-methyl/N-ethyl adjacent to an activating group) is 1. The highest BCUT2D eigenvalue weighted by Crippen LogP contribution is 2.35. The lowest BCUT2D eigenvalue weighted by Gasteiger charge is -2.30. The number of imidazole rings is 1. The Balaban J connectivity index is 1.48. The fourth-order valence-corrected chi connectivity index (χ4v) is 6.15. The van der Waals surface area contributed by atoms with Gasteiger partial charge in [0, 0.05) is 64.6 Å². The summed E-state index contributed by atoms with van der Waals surface area (Å²) in [6, 6.07) is 7.44. The van der Waals surface area contributed by atoms with Crippen molar-refractivity contribution in [2.45, 2.75) is 26.3 Å². The van der Waals surface area contributed by atoms with Gasteiger partial charge in [-0.3, -0.25) is 14.6 Å². The van der Waals surface area contributed by atoms with Crippen LogP contribution in [0.4, 0.5) is 0 Å². The van der Waals surface area contributed by atoms with Crippen molar-refractivity contribution in [3.05, 3.63) is 86.9 Å². The molecule has 0 aliphatic rings. The molecule has 5 heterocycles. The minimum absolute atomic E-state index is 0.0223. The average molecular weight is 505 g/mol. The highest BCUT2D eigenvalue weighted by Gasteiger charge is 2.29. The quantitative estimate of drug-likeness (QED) is 0.356. The maximum atomic E-state index is 13.6. The summed E-state index contributed by atoms with van der Waals surface area (Å²) in [6.07, 6.45) is 7.00. The van der Waals surface area contributed by atoms with E-state index in [1.807, 2.05) is 61.3 Å². The molecular formula is C25H24N6O2S2. The number of H-pyrrole nitrogens is 1. The maximum Gasteiger partial charge on any atom is 0.260 e. The Morgan fingerprint density at radius 1 is 1.26 bits per heavy atom. The molecule has 1 atom stereocenters. The van der Waals surface area contributed by atoms with Crippen LogP contribution in [-0.2, 0) is 18.3 Å². The zero-order chi connectivity index (χ0) is 24.5. The molecule has 0 aromatic carbocycles. The largest absolute Gasteiger partial charge is 0.336 e. The van der Waals surface area contributed by atoms with Gasteiger partial charge in [-0.2, -0.15) is 0 Å². The van der Waals surface area contributed by atoms with E-state index in [9.17, 15) is 9.59 Å². The van der Waals surface area contributed by atoms with Crippen LogP contribution in [0.2, 0.25) is 0 Å². The lowest BCUT2D eigenvalue weighted by molar-refractivity contribution is -0.132. The first-order valence-electron chi connectivity index (χ1n) is 11.2. The third-order valence-corrected chi connectivity index (χ3v) is 7.80. The van der Waals surface area contributed by atoms with Crippen LogP contribution in [0, 0.1) is 6.92 Å². The van der Waals surface area contributed by atoms with Crippen LogP contribution in [0.25, 0.3) is 20.7 Å². The number of nitrogens with one attached hydrogen (secondary N) is 1. The Morgan fingerprint density at radius 3 is 2.77 bits per heavy atom. The van der Waals surface area contributed by atoms with Gasteiger partial charge in [-0.1, -0.05) is 6.07 Å². The number of nitrogens with zero attached hydrogens (tertiary/aromatic N) is 5. The van der Waals surface area contributed by atoms with E-state index in [0.717, 1.165) is 21.8 Å². The van der Waals surface area contributed by atoms with Crippen molar-refractivity contribution in [3.63, 3.8) is 0 Å². The first-order chi connectivity index (χ1) is 17.0. The number of aromatic nitrogens is 5. The molecule has 8 nitrogen and oxygen atoms in total. The molecule has 5 rings (SSSR count). The summed E-state index contributed by atoms with van der Waals surface area (Å²) in [5, 5.41) is 2.53. The van der Waals surface area contributed by atoms with Gasteiger partial charge in [0.05, 0.1) is 11.8 Å². The minimum atomic E-state index is -0.410. The van der Waals surface area contributed by atoms with Gasteiger partial charge in [0.2, 0.25) is 5.91 Å².